The summed E-state index contributed by atoms with van der Waals surface area (Å²) >= 11 is 0. The van der Waals surface area contributed by atoms with Crippen molar-refractivity contribution in [2.75, 3.05) is 121 Å². The lowest BCUT2D eigenvalue weighted by Crippen LogP contribution is -2.26. The van der Waals surface area contributed by atoms with Crippen LogP contribution in [0.25, 0.3) is 0 Å². The molecule has 2 amide bonds. The van der Waals surface area contributed by atoms with Crippen LogP contribution in [-0.2, 0) is 80.1 Å². The van der Waals surface area contributed by atoms with Crippen LogP contribution < -0.4 is 59.2 Å². The third kappa shape index (κ3) is 39.8. The topological polar surface area (TPSA) is 566 Å². The maximum absolute atomic E-state index is 13.5. The fourth-order valence-corrected chi connectivity index (χ4v) is 12.5. The summed E-state index contributed by atoms with van der Waals surface area (Å²) in [4.78, 5) is 39.8. The van der Waals surface area contributed by atoms with E-state index in [9.17, 15) is 92.2 Å². The Morgan fingerprint density at radius 3 is 1.21 bits per heavy atom. The van der Waals surface area contributed by atoms with Gasteiger partial charge in [-0.1, -0.05) is 5.21 Å². The maximum atomic E-state index is 13.5. The molecule has 0 aliphatic rings. The van der Waals surface area contributed by atoms with Crippen LogP contribution in [0.2, 0.25) is 0 Å². The molecular weight excluding hydrogens is 1530 g/mol. The van der Waals surface area contributed by atoms with E-state index in [2.05, 4.69) is 36.7 Å². The Bertz CT molecular complexity index is 4120. The average molecular weight is 1620 g/mol. The van der Waals surface area contributed by atoms with Gasteiger partial charge in [0.1, 0.15) is 11.5 Å². The predicted octanol–water partition coefficient (Wildman–Crippen LogP) is 4.63. The number of benzene rings is 3. The van der Waals surface area contributed by atoms with Crippen molar-refractivity contribution in [1.29, 1.82) is 5.53 Å². The Morgan fingerprint density at radius 2 is 0.821 bits per heavy atom. The van der Waals surface area contributed by atoms with E-state index in [1.807, 2.05) is 7.05 Å². The van der Waals surface area contributed by atoms with E-state index in [4.69, 9.17) is 43.4 Å². The van der Waals surface area contributed by atoms with E-state index in [1.54, 1.807) is 29.2 Å². The fraction of sp³-hybridized carbons (Fsp3) is 0.597. The molecule has 44 heteroatoms. The first kappa shape index (κ1) is 90.8. The van der Waals surface area contributed by atoms with Crippen molar-refractivity contribution in [2.45, 2.75) is 116 Å². The van der Waals surface area contributed by atoms with Crippen LogP contribution in [0, 0.1) is 5.53 Å². The highest BCUT2D eigenvalue weighted by Crippen LogP contribution is 2.41. The number of hydrogen-bond donors (Lipinski definition) is 11. The van der Waals surface area contributed by atoms with Crippen LogP contribution in [0.15, 0.2) is 59.6 Å². The quantitative estimate of drug-likeness (QED) is 0.0124. The number of nitrogens with one attached hydrogen (secondary N) is 5. The summed E-state index contributed by atoms with van der Waals surface area (Å²) < 4.78 is 240. The van der Waals surface area contributed by atoms with Crippen molar-refractivity contribution in [1.82, 2.24) is 36.3 Å². The molecule has 0 saturated carbocycles. The molecule has 4 rings (SSSR count). The molecule has 4 aromatic rings. The molecule has 0 saturated heterocycles. The number of nitrogens with zero attached hydrogens (tertiary/aromatic N) is 4. The first-order chi connectivity index (χ1) is 49.9. The summed E-state index contributed by atoms with van der Waals surface area (Å²) in [7, 11) is -24.4. The van der Waals surface area contributed by atoms with Gasteiger partial charge in [0.2, 0.25) is 11.5 Å². The SMILES string of the molecule is CNCCCc1c(OCCCC/C(=C/NCCCNC(=O)c2cc(OCCCS(=O)(=O)O)c(OCCCS(=O)(=O)O)c(OCCCS(=O)(=O)O)c2)N=N)cc(C(C)=O)cc1OCCCCc1cn(CCCNC(=O)c2cc(OCCCS(=O)(=O)O)c(OCCCS(=O)(=O)O)c(OCCCS(=O)(=O)O)c2)nn1. The van der Waals surface area contributed by atoms with Gasteiger partial charge in [-0.15, -0.1) is 5.10 Å². The lowest BCUT2D eigenvalue weighted by molar-refractivity contribution is 0.0943. The molecular formula is C62H95N9O29S6. The number of aromatic nitrogens is 3. The van der Waals surface area contributed by atoms with Gasteiger partial charge in [0, 0.05) is 60.8 Å². The van der Waals surface area contributed by atoms with Crippen LogP contribution in [-0.4, -0.2) is 231 Å². The second-order valence-corrected chi connectivity index (χ2v) is 33.2. The molecule has 0 bridgehead atoms. The van der Waals surface area contributed by atoms with Crippen molar-refractivity contribution in [2.24, 2.45) is 5.11 Å². The van der Waals surface area contributed by atoms with Gasteiger partial charge in [0.25, 0.3) is 72.5 Å². The number of carbonyl (C=O) groups is 3. The van der Waals surface area contributed by atoms with Gasteiger partial charge in [-0.05, 0) is 160 Å². The summed E-state index contributed by atoms with van der Waals surface area (Å²) in [6.07, 6.45) is 7.52. The Morgan fingerprint density at radius 1 is 0.453 bits per heavy atom. The zero-order valence-electron chi connectivity index (χ0n) is 58.7. The summed E-state index contributed by atoms with van der Waals surface area (Å²) in [6.45, 7) is 1.72. The predicted molar refractivity (Wildman–Crippen MR) is 384 cm³/mol. The van der Waals surface area contributed by atoms with Gasteiger partial charge >= 0.3 is 0 Å². The van der Waals surface area contributed by atoms with Crippen molar-refractivity contribution in [3.63, 3.8) is 0 Å². The molecule has 11 N–H and O–H groups in total. The number of rotatable bonds is 59. The number of Topliss-reactive ketones (excluding diaryl/α,β-unsaturated/α-hetero) is 1. The highest BCUT2D eigenvalue weighted by Gasteiger charge is 2.24. The van der Waals surface area contributed by atoms with Crippen LogP contribution >= 0.6 is 0 Å². The highest BCUT2D eigenvalue weighted by atomic mass is 32.2. The Kier molecular flexibility index (Phi) is 39.3. The second kappa shape index (κ2) is 45.9. The van der Waals surface area contributed by atoms with E-state index in [0.717, 1.165) is 12.0 Å². The van der Waals surface area contributed by atoms with Gasteiger partial charge < -0.3 is 59.2 Å². The molecule has 0 fully saturated rings. The maximum Gasteiger partial charge on any atom is 0.264 e. The van der Waals surface area contributed by atoms with E-state index in [0.29, 0.717) is 112 Å². The minimum absolute atomic E-state index is 0.0376. The molecule has 38 nitrogen and oxygen atoms in total. The number of unbranched alkanes of at least 4 members (excludes halogenated alkanes) is 2. The fourth-order valence-electron chi connectivity index (χ4n) is 9.56. The van der Waals surface area contributed by atoms with Crippen molar-refractivity contribution < 1.29 is 130 Å². The van der Waals surface area contributed by atoms with Gasteiger partial charge in [0.05, 0.1) is 98.8 Å². The Hall–Kier alpha value is -7.63. The molecule has 1 aromatic heterocycles. The minimum Gasteiger partial charge on any atom is -0.493 e. The molecule has 0 spiro atoms. The van der Waals surface area contributed by atoms with Crippen LogP contribution in [0.3, 0.4) is 0 Å². The molecule has 0 atom stereocenters. The molecule has 0 aliphatic carbocycles. The molecule has 1 heterocycles. The Labute approximate surface area is 617 Å². The largest absolute Gasteiger partial charge is 0.493 e. The third-order valence-electron chi connectivity index (χ3n) is 14.6. The number of allylic oxidation sites excluding steroid dienone is 1. The van der Waals surface area contributed by atoms with Crippen LogP contribution in [0.5, 0.6) is 46.0 Å². The summed E-state index contributed by atoms with van der Waals surface area (Å²) in [5, 5.41) is 23.9. The third-order valence-corrected chi connectivity index (χ3v) is 19.4. The molecule has 598 valence electrons. The standard InChI is InChI=1S/C62H95N9O29S6/c1-46(72)47-38-53(93-24-5-3-16-50(68-63)44-65-20-8-21-66-61(73)48-40-55(95-26-10-32-101(75,76)77)59(99-30-14-36-105(87,88)89)56(41-48)96-27-11-33-102(78,79)80)52(18-7-19-64-2)54(39-47)94-25-6-4-17-51-45-71(70-69-51)23-9-22-67-62(74)49-42-57(97-28-12-34-103(81,82)83)60(100-31-15-37-106(90,91)92)58(43-49)98-29-13-35-104(84,85)86/h38-45,63-65H,3-37H2,1-2H3,(H,66,73)(H,67,74)(H,75,76,77)(H,78,79,80)(H,81,82,83)(H,84,85,86)(H,87,88,89)(H,90,91,92)/b50-44-,68-63?. The minimum atomic E-state index is -4.37. The normalized spacial score (nSPS) is 12.3. The smallest absolute Gasteiger partial charge is 0.264 e. The summed E-state index contributed by atoms with van der Waals surface area (Å²) in [5.41, 5.74) is 10.00. The van der Waals surface area contributed by atoms with Crippen molar-refractivity contribution >= 4 is 78.3 Å². The second-order valence-electron chi connectivity index (χ2n) is 23.8. The van der Waals surface area contributed by atoms with Gasteiger partial charge in [-0.2, -0.15) is 55.6 Å². The van der Waals surface area contributed by atoms with Gasteiger partial charge in [0.15, 0.2) is 28.8 Å². The summed E-state index contributed by atoms with van der Waals surface area (Å²) in [6, 6.07) is 8.41. The lowest BCUT2D eigenvalue weighted by atomic mass is 10.0. The van der Waals surface area contributed by atoms with Crippen molar-refractivity contribution in [3.8, 4) is 46.0 Å². The number of carbonyl (C=O) groups excluding carboxylic acids is 3. The summed E-state index contributed by atoms with van der Waals surface area (Å²) in [5.74, 6) is -5.44. The van der Waals surface area contributed by atoms with Crippen LogP contribution in [0.1, 0.15) is 139 Å². The van der Waals surface area contributed by atoms with Gasteiger partial charge in [-0.25, -0.2) is 5.53 Å². The molecule has 3 aromatic carbocycles. The average Bonchev–Trinajstić information content (AvgIpc) is 1.61. The van der Waals surface area contributed by atoms with Crippen LogP contribution in [0.4, 0.5) is 0 Å². The highest BCUT2D eigenvalue weighted by molar-refractivity contribution is 7.86. The number of ether oxygens (including phenoxy) is 8. The first-order valence-corrected chi connectivity index (χ1v) is 43.2. The lowest BCUT2D eigenvalue weighted by Gasteiger charge is -2.19. The molecule has 0 unspecified atom stereocenters. The molecule has 0 radical (unpaired) electrons. The Balaban J connectivity index is 1.30. The van der Waals surface area contributed by atoms with E-state index in [1.165, 1.54) is 31.2 Å². The number of ketones is 1. The van der Waals surface area contributed by atoms with E-state index in [-0.39, 0.29) is 149 Å². The molecule has 0 aliphatic heterocycles. The number of aryl methyl sites for hydroxylation is 2. The first-order valence-electron chi connectivity index (χ1n) is 33.6. The van der Waals surface area contributed by atoms with E-state index < -0.39 is 107 Å². The number of hydrogen-bond acceptors (Lipinski definition) is 29. The molecule has 106 heavy (non-hydrogen) atoms. The van der Waals surface area contributed by atoms with E-state index >= 15 is 0 Å². The zero-order chi connectivity index (χ0) is 78.4. The monoisotopic (exact) mass is 1620 g/mol. The van der Waals surface area contributed by atoms with Gasteiger partial charge in [-0.3, -0.25) is 46.4 Å². The number of amides is 2. The zero-order valence-corrected chi connectivity index (χ0v) is 63.6. The van der Waals surface area contributed by atoms with Crippen molar-refractivity contribution in [3.05, 3.63) is 82.4 Å².